The van der Waals surface area contributed by atoms with Gasteiger partial charge in [-0.3, -0.25) is 9.59 Å². The summed E-state index contributed by atoms with van der Waals surface area (Å²) in [5.74, 6) is 0.0337. The van der Waals surface area contributed by atoms with Crippen molar-refractivity contribution in [2.45, 2.75) is 6.42 Å². The third kappa shape index (κ3) is 7.76. The van der Waals surface area contributed by atoms with Crippen molar-refractivity contribution >= 4 is 47.7 Å². The van der Waals surface area contributed by atoms with Gasteiger partial charge in [0, 0.05) is 44.6 Å². The van der Waals surface area contributed by atoms with Crippen molar-refractivity contribution in [1.29, 1.82) is 5.26 Å². The van der Waals surface area contributed by atoms with Crippen LogP contribution in [0.15, 0.2) is 48.4 Å². The van der Waals surface area contributed by atoms with Crippen LogP contribution in [0.25, 0.3) is 0 Å². The number of benzene rings is 1. The molecule has 1 aromatic carbocycles. The SMILES string of the molecule is CN(C)/C=C(\C#N)C(=O)Nc1ccc(C(=O)N(CS)CCCNc2ncc(Cl)cn2)cc1. The van der Waals surface area contributed by atoms with Gasteiger partial charge in [0.2, 0.25) is 5.95 Å². The van der Waals surface area contributed by atoms with Gasteiger partial charge < -0.3 is 20.4 Å². The number of hydrogen-bond acceptors (Lipinski definition) is 8. The third-order valence-corrected chi connectivity index (χ3v) is 4.64. The molecule has 1 heterocycles. The molecule has 0 atom stereocenters. The van der Waals surface area contributed by atoms with Crippen LogP contribution < -0.4 is 10.6 Å². The van der Waals surface area contributed by atoms with Crippen molar-refractivity contribution in [1.82, 2.24) is 19.8 Å². The molecule has 2 amide bonds. The monoisotopic (exact) mass is 473 g/mol. The molecule has 0 saturated carbocycles. The molecular formula is C21H24ClN7O2S. The molecule has 0 unspecified atom stereocenters. The Morgan fingerprint density at radius 3 is 2.44 bits per heavy atom. The number of aromatic nitrogens is 2. The number of thiol groups is 1. The van der Waals surface area contributed by atoms with Crippen molar-refractivity contribution in [3.8, 4) is 6.07 Å². The van der Waals surface area contributed by atoms with Crippen LogP contribution in [0, 0.1) is 11.3 Å². The van der Waals surface area contributed by atoms with E-state index in [1.165, 1.54) is 18.6 Å². The number of nitrogens with zero attached hydrogens (tertiary/aromatic N) is 5. The maximum atomic E-state index is 12.8. The first-order chi connectivity index (χ1) is 15.3. The highest BCUT2D eigenvalue weighted by molar-refractivity contribution is 7.80. The van der Waals surface area contributed by atoms with E-state index in [1.54, 1.807) is 48.2 Å². The smallest absolute Gasteiger partial charge is 0.267 e. The number of rotatable bonds is 10. The Morgan fingerprint density at radius 1 is 1.22 bits per heavy atom. The van der Waals surface area contributed by atoms with Crippen LogP contribution in [0.1, 0.15) is 16.8 Å². The van der Waals surface area contributed by atoms with Gasteiger partial charge in [-0.1, -0.05) is 11.6 Å². The van der Waals surface area contributed by atoms with Crippen molar-refractivity contribution < 1.29 is 9.59 Å². The highest BCUT2D eigenvalue weighted by atomic mass is 35.5. The fourth-order valence-corrected chi connectivity index (χ4v) is 2.95. The van der Waals surface area contributed by atoms with Crippen molar-refractivity contribution in [2.75, 3.05) is 43.7 Å². The zero-order valence-corrected chi connectivity index (χ0v) is 19.4. The number of anilines is 2. The molecule has 2 N–H and O–H groups in total. The lowest BCUT2D eigenvalue weighted by atomic mass is 10.1. The molecule has 0 radical (unpaired) electrons. The molecule has 0 spiro atoms. The maximum absolute atomic E-state index is 12.8. The lowest BCUT2D eigenvalue weighted by Crippen LogP contribution is -2.32. The fourth-order valence-electron chi connectivity index (χ4n) is 2.58. The van der Waals surface area contributed by atoms with Crippen molar-refractivity contribution in [2.24, 2.45) is 0 Å². The largest absolute Gasteiger partial charge is 0.382 e. The standard InChI is InChI=1S/C21H24ClN7O2S/c1-28(2)13-16(10-23)19(30)27-18-6-4-15(5-7-18)20(31)29(14-32)9-3-8-24-21-25-11-17(22)12-26-21/h4-7,11-13,32H,3,8-9,14H2,1-2H3,(H,27,30)(H,24,25,26)/b16-13+. The van der Waals surface area contributed by atoms with Gasteiger partial charge in [0.15, 0.2) is 0 Å². The molecule has 2 aromatic rings. The molecule has 0 saturated heterocycles. The van der Waals surface area contributed by atoms with E-state index in [2.05, 4.69) is 33.2 Å². The molecule has 0 aliphatic rings. The Bertz CT molecular complexity index is 989. The highest BCUT2D eigenvalue weighted by Crippen LogP contribution is 2.14. The fraction of sp³-hybridized carbons (Fsp3) is 0.286. The molecule has 0 aliphatic heterocycles. The summed E-state index contributed by atoms with van der Waals surface area (Å²) < 4.78 is 0. The average molecular weight is 474 g/mol. The van der Waals surface area contributed by atoms with Gasteiger partial charge in [-0.2, -0.15) is 17.9 Å². The van der Waals surface area contributed by atoms with Gasteiger partial charge >= 0.3 is 0 Å². The summed E-state index contributed by atoms with van der Waals surface area (Å²) in [7, 11) is 3.44. The van der Waals surface area contributed by atoms with Crippen LogP contribution in [0.4, 0.5) is 11.6 Å². The van der Waals surface area contributed by atoms with E-state index >= 15 is 0 Å². The summed E-state index contributed by atoms with van der Waals surface area (Å²) in [6, 6.07) is 8.34. The summed E-state index contributed by atoms with van der Waals surface area (Å²) in [6.07, 6.45) is 5.12. The van der Waals surface area contributed by atoms with Gasteiger partial charge in [0.05, 0.1) is 23.3 Å². The number of carbonyl (C=O) groups is 2. The first-order valence-corrected chi connectivity index (χ1v) is 10.7. The van der Waals surface area contributed by atoms with Crippen LogP contribution in [0.2, 0.25) is 5.02 Å². The van der Waals surface area contributed by atoms with Gasteiger partial charge in [0.1, 0.15) is 11.6 Å². The molecule has 11 heteroatoms. The molecule has 2 rings (SSSR count). The summed E-state index contributed by atoms with van der Waals surface area (Å²) in [6.45, 7) is 1.06. The summed E-state index contributed by atoms with van der Waals surface area (Å²) in [4.78, 5) is 36.3. The number of carbonyl (C=O) groups excluding carboxylic acids is 2. The van der Waals surface area contributed by atoms with Gasteiger partial charge in [0.25, 0.3) is 11.8 Å². The highest BCUT2D eigenvalue weighted by Gasteiger charge is 2.15. The Morgan fingerprint density at radius 2 is 1.88 bits per heavy atom. The van der Waals surface area contributed by atoms with Crippen LogP contribution >= 0.6 is 24.2 Å². The zero-order chi connectivity index (χ0) is 23.5. The summed E-state index contributed by atoms with van der Waals surface area (Å²) >= 11 is 10.0. The van der Waals surface area contributed by atoms with Crippen LogP contribution in [0.3, 0.4) is 0 Å². The molecule has 0 bridgehead atoms. The lowest BCUT2D eigenvalue weighted by Gasteiger charge is -2.20. The second-order valence-electron chi connectivity index (χ2n) is 6.86. The number of halogens is 1. The lowest BCUT2D eigenvalue weighted by molar-refractivity contribution is -0.112. The first-order valence-electron chi connectivity index (χ1n) is 9.65. The van der Waals surface area contributed by atoms with E-state index in [4.69, 9.17) is 16.9 Å². The first kappa shape index (κ1) is 25.0. The molecular weight excluding hydrogens is 450 g/mol. The minimum atomic E-state index is -0.519. The molecule has 0 aliphatic carbocycles. The van der Waals surface area contributed by atoms with E-state index < -0.39 is 5.91 Å². The average Bonchev–Trinajstić information content (AvgIpc) is 2.78. The molecule has 32 heavy (non-hydrogen) atoms. The van der Waals surface area contributed by atoms with Gasteiger partial charge in [-0.05, 0) is 30.7 Å². The van der Waals surface area contributed by atoms with E-state index in [0.29, 0.717) is 41.7 Å². The number of nitrogens with one attached hydrogen (secondary N) is 2. The number of hydrogen-bond donors (Lipinski definition) is 3. The van der Waals surface area contributed by atoms with Crippen molar-refractivity contribution in [3.63, 3.8) is 0 Å². The number of nitriles is 1. The molecule has 9 nitrogen and oxygen atoms in total. The minimum absolute atomic E-state index is 0.0194. The van der Waals surface area contributed by atoms with Crippen molar-refractivity contribution in [3.05, 3.63) is 59.0 Å². The predicted molar refractivity (Wildman–Crippen MR) is 127 cm³/mol. The van der Waals surface area contributed by atoms with Crippen LogP contribution in [0.5, 0.6) is 0 Å². The molecule has 1 aromatic heterocycles. The van der Waals surface area contributed by atoms with Gasteiger partial charge in [-0.25, -0.2) is 9.97 Å². The zero-order valence-electron chi connectivity index (χ0n) is 17.7. The second kappa shape index (κ2) is 12.5. The van der Waals surface area contributed by atoms with E-state index in [-0.39, 0.29) is 17.4 Å². The van der Waals surface area contributed by atoms with Gasteiger partial charge in [-0.15, -0.1) is 0 Å². The third-order valence-electron chi connectivity index (χ3n) is 4.11. The Kier molecular flexibility index (Phi) is 9.78. The second-order valence-corrected chi connectivity index (χ2v) is 7.58. The summed E-state index contributed by atoms with van der Waals surface area (Å²) in [5.41, 5.74) is 0.931. The quantitative estimate of drug-likeness (QED) is 0.160. The van der Waals surface area contributed by atoms with Crippen LogP contribution in [-0.4, -0.2) is 64.6 Å². The van der Waals surface area contributed by atoms with E-state index in [1.807, 2.05) is 6.07 Å². The Hall–Kier alpha value is -3.29. The molecule has 0 fully saturated rings. The summed E-state index contributed by atoms with van der Waals surface area (Å²) in [5, 5.41) is 15.3. The Labute approximate surface area is 197 Å². The Balaban J connectivity index is 1.89. The maximum Gasteiger partial charge on any atom is 0.267 e. The van der Waals surface area contributed by atoms with Crippen LogP contribution in [-0.2, 0) is 4.79 Å². The van der Waals surface area contributed by atoms with E-state index in [0.717, 1.165) is 0 Å². The minimum Gasteiger partial charge on any atom is -0.382 e. The number of amides is 2. The van der Waals surface area contributed by atoms with E-state index in [9.17, 15) is 9.59 Å². The normalized spacial score (nSPS) is 10.8. The topological polar surface area (TPSA) is 114 Å². The molecule has 168 valence electrons. The predicted octanol–water partition coefficient (Wildman–Crippen LogP) is 2.87.